The van der Waals surface area contributed by atoms with Crippen LogP contribution in [0.1, 0.15) is 30.0 Å². The molecule has 6 rings (SSSR count). The largest absolute Gasteiger partial charge is 0.271 e. The van der Waals surface area contributed by atoms with Gasteiger partial charge < -0.3 is 0 Å². The fourth-order valence-corrected chi connectivity index (χ4v) is 5.37. The monoisotopic (exact) mass is 437 g/mol. The summed E-state index contributed by atoms with van der Waals surface area (Å²) in [6, 6.07) is 29.6. The van der Waals surface area contributed by atoms with Crippen LogP contribution >= 0.6 is 11.6 Å². The van der Waals surface area contributed by atoms with Gasteiger partial charge in [0.05, 0.1) is 16.9 Å². The maximum atomic E-state index is 14.0. The fourth-order valence-electron chi connectivity index (χ4n) is 5.24. The summed E-state index contributed by atoms with van der Waals surface area (Å²) in [5.74, 6) is -0.127. The van der Waals surface area contributed by atoms with Gasteiger partial charge >= 0.3 is 0 Å². The number of hydrogen-bond donors (Lipinski definition) is 0. The molecule has 0 N–H and O–H groups in total. The van der Waals surface area contributed by atoms with Crippen molar-refractivity contribution in [3.8, 4) is 0 Å². The zero-order valence-corrected chi connectivity index (χ0v) is 18.2. The number of benzene rings is 3. The van der Waals surface area contributed by atoms with E-state index in [9.17, 15) is 4.79 Å². The molecule has 1 amide bonds. The van der Waals surface area contributed by atoms with Crippen molar-refractivity contribution in [1.29, 1.82) is 0 Å². The van der Waals surface area contributed by atoms with Gasteiger partial charge in [-0.2, -0.15) is 10.1 Å². The number of carbonyl (C=O) groups excluding carboxylic acids is 1. The van der Waals surface area contributed by atoms with Crippen molar-refractivity contribution in [3.63, 3.8) is 0 Å². The average Bonchev–Trinajstić information content (AvgIpc) is 3.47. The molecule has 1 spiro atoms. The molecule has 4 aromatic rings. The normalized spacial score (nSPS) is 24.2. The summed E-state index contributed by atoms with van der Waals surface area (Å²) in [6.45, 7) is 1.96. The minimum atomic E-state index is -0.737. The number of para-hydroxylation sites is 2. The lowest BCUT2D eigenvalue weighted by atomic mass is 9.93. The molecule has 1 aliphatic carbocycles. The molecule has 0 unspecified atom stereocenters. The molecule has 0 saturated heterocycles. The number of anilines is 1. The van der Waals surface area contributed by atoms with Crippen LogP contribution in [-0.4, -0.2) is 16.6 Å². The van der Waals surface area contributed by atoms with Gasteiger partial charge in [-0.05, 0) is 48.9 Å². The van der Waals surface area contributed by atoms with E-state index < -0.39 is 5.41 Å². The van der Waals surface area contributed by atoms with Crippen molar-refractivity contribution in [2.24, 2.45) is 10.5 Å². The van der Waals surface area contributed by atoms with Gasteiger partial charge in [0, 0.05) is 27.9 Å². The zero-order valence-electron chi connectivity index (χ0n) is 17.4. The number of hydrazone groups is 1. The first-order valence-corrected chi connectivity index (χ1v) is 11.0. The van der Waals surface area contributed by atoms with Gasteiger partial charge in [-0.1, -0.05) is 66.2 Å². The van der Waals surface area contributed by atoms with Crippen LogP contribution in [0.3, 0.4) is 0 Å². The first kappa shape index (κ1) is 19.2. The summed E-state index contributed by atoms with van der Waals surface area (Å²) in [4.78, 5) is 18.9. The Balaban J connectivity index is 1.50. The molecule has 3 aromatic carbocycles. The number of hydrogen-bond acceptors (Lipinski definition) is 3. The molecule has 2 heterocycles. The van der Waals surface area contributed by atoms with E-state index in [0.29, 0.717) is 5.02 Å². The number of nitrogens with zero attached hydrogens (tertiary/aromatic N) is 3. The van der Waals surface area contributed by atoms with E-state index in [1.165, 1.54) is 0 Å². The van der Waals surface area contributed by atoms with Crippen LogP contribution in [0, 0.1) is 5.41 Å². The average molecular weight is 438 g/mol. The summed E-state index contributed by atoms with van der Waals surface area (Å²) in [5, 5.41) is 8.05. The Labute approximate surface area is 191 Å². The van der Waals surface area contributed by atoms with Crippen LogP contribution in [0.4, 0.5) is 5.69 Å². The van der Waals surface area contributed by atoms with Crippen molar-refractivity contribution in [2.45, 2.75) is 18.8 Å². The van der Waals surface area contributed by atoms with Crippen molar-refractivity contribution < 1.29 is 4.79 Å². The fraction of sp³-hybridized carbons (Fsp3) is 0.148. The first-order chi connectivity index (χ1) is 15.6. The molecule has 0 bridgehead atoms. The van der Waals surface area contributed by atoms with E-state index >= 15 is 0 Å². The molecule has 1 aromatic heterocycles. The molecular formula is C27H20ClN3O. The van der Waals surface area contributed by atoms with Crippen LogP contribution in [0.15, 0.2) is 96.1 Å². The summed E-state index contributed by atoms with van der Waals surface area (Å²) in [5.41, 5.74) is 3.79. The van der Waals surface area contributed by atoms with Gasteiger partial charge in [0.1, 0.15) is 5.41 Å². The van der Waals surface area contributed by atoms with Crippen LogP contribution in [0.2, 0.25) is 5.02 Å². The predicted molar refractivity (Wildman–Crippen MR) is 128 cm³/mol. The first-order valence-electron chi connectivity index (χ1n) is 10.7. The summed E-state index contributed by atoms with van der Waals surface area (Å²) < 4.78 is 0. The van der Waals surface area contributed by atoms with Gasteiger partial charge in [-0.25, -0.2) is 0 Å². The molecule has 5 heteroatoms. The van der Waals surface area contributed by atoms with Crippen molar-refractivity contribution in [1.82, 2.24) is 4.98 Å². The lowest BCUT2D eigenvalue weighted by molar-refractivity contribution is -0.121. The molecule has 1 fully saturated rings. The van der Waals surface area contributed by atoms with E-state index in [0.717, 1.165) is 33.6 Å². The summed E-state index contributed by atoms with van der Waals surface area (Å²) >= 11 is 6.16. The Morgan fingerprint density at radius 2 is 1.56 bits per heavy atom. The van der Waals surface area contributed by atoms with E-state index in [1.54, 1.807) is 5.01 Å². The van der Waals surface area contributed by atoms with Gasteiger partial charge in [0.25, 0.3) is 5.91 Å². The molecule has 4 nitrogen and oxygen atoms in total. The number of aromatic nitrogens is 1. The Bertz CT molecular complexity index is 1380. The Hall–Kier alpha value is -3.50. The summed E-state index contributed by atoms with van der Waals surface area (Å²) in [6.07, 6.45) is 0. The van der Waals surface area contributed by atoms with E-state index in [2.05, 4.69) is 18.2 Å². The highest BCUT2D eigenvalue weighted by atomic mass is 35.5. The molecule has 1 aliphatic heterocycles. The highest BCUT2D eigenvalue weighted by molar-refractivity contribution is 6.30. The molecule has 3 atom stereocenters. The Morgan fingerprint density at radius 1 is 0.844 bits per heavy atom. The lowest BCUT2D eigenvalue weighted by Gasteiger charge is -2.15. The minimum absolute atomic E-state index is 0.00103. The standard InChI is InChI=1S/C27H20ClN3O/c1-17-27(26(32)31(30-17)21-8-3-2-4-9-21)24(19-11-14-20(28)15-12-19)25(27)23-16-13-18-7-5-6-10-22(18)29-23/h2-16,24-25H,1H3/t24-,25-,27-/m1/s1. The second-order valence-electron chi connectivity index (χ2n) is 8.44. The quantitative estimate of drug-likeness (QED) is 0.384. The summed E-state index contributed by atoms with van der Waals surface area (Å²) in [7, 11) is 0. The minimum Gasteiger partial charge on any atom is -0.271 e. The second-order valence-corrected chi connectivity index (χ2v) is 8.88. The Kier molecular flexibility index (Phi) is 4.21. The molecule has 156 valence electrons. The van der Waals surface area contributed by atoms with E-state index in [-0.39, 0.29) is 17.7 Å². The van der Waals surface area contributed by atoms with Crippen molar-refractivity contribution >= 4 is 39.8 Å². The third-order valence-corrected chi connectivity index (χ3v) is 7.02. The zero-order chi connectivity index (χ0) is 21.9. The molecular weight excluding hydrogens is 418 g/mol. The van der Waals surface area contributed by atoms with Crippen molar-refractivity contribution in [2.75, 3.05) is 5.01 Å². The molecule has 2 aliphatic rings. The lowest BCUT2D eigenvalue weighted by Crippen LogP contribution is -2.30. The second kappa shape index (κ2) is 7.01. The van der Waals surface area contributed by atoms with Crippen LogP contribution in [0.5, 0.6) is 0 Å². The van der Waals surface area contributed by atoms with Crippen LogP contribution in [-0.2, 0) is 4.79 Å². The van der Waals surface area contributed by atoms with Crippen LogP contribution in [0.25, 0.3) is 10.9 Å². The van der Waals surface area contributed by atoms with E-state index in [1.807, 2.05) is 79.7 Å². The number of carbonyl (C=O) groups is 1. The number of halogens is 1. The number of rotatable bonds is 3. The van der Waals surface area contributed by atoms with Crippen molar-refractivity contribution in [3.05, 3.63) is 107 Å². The number of pyridine rings is 1. The third kappa shape index (κ3) is 2.66. The highest BCUT2D eigenvalue weighted by Gasteiger charge is 2.75. The van der Waals surface area contributed by atoms with Gasteiger partial charge in [-0.3, -0.25) is 9.78 Å². The maximum Gasteiger partial charge on any atom is 0.260 e. The maximum absolute atomic E-state index is 14.0. The molecule has 0 radical (unpaired) electrons. The smallest absolute Gasteiger partial charge is 0.260 e. The molecule has 1 saturated carbocycles. The number of fused-ring (bicyclic) bond motifs is 1. The van der Waals surface area contributed by atoms with E-state index in [4.69, 9.17) is 21.7 Å². The SMILES string of the molecule is CC1=NN(c2ccccc2)C(=O)[C@@]12[C@H](c1ccc(Cl)cc1)[C@H]2c1ccc2ccccc2n1. The predicted octanol–water partition coefficient (Wildman–Crippen LogP) is 6.18. The molecule has 32 heavy (non-hydrogen) atoms. The van der Waals surface area contributed by atoms with Gasteiger partial charge in [-0.15, -0.1) is 0 Å². The van der Waals surface area contributed by atoms with Gasteiger partial charge in [0.15, 0.2) is 0 Å². The third-order valence-electron chi connectivity index (χ3n) is 6.77. The highest BCUT2D eigenvalue weighted by Crippen LogP contribution is 2.73. The topological polar surface area (TPSA) is 45.6 Å². The number of amides is 1. The Morgan fingerprint density at radius 3 is 2.34 bits per heavy atom. The van der Waals surface area contributed by atoms with Crippen LogP contribution < -0.4 is 5.01 Å². The van der Waals surface area contributed by atoms with Gasteiger partial charge in [0.2, 0.25) is 0 Å².